The summed E-state index contributed by atoms with van der Waals surface area (Å²) >= 11 is 0. The Balaban J connectivity index is 2.80. The van der Waals surface area contributed by atoms with Gasteiger partial charge in [-0.3, -0.25) is 10.4 Å². The Hall–Kier alpha value is -1.62. The number of benzene rings is 1. The second kappa shape index (κ2) is 6.20. The van der Waals surface area contributed by atoms with Gasteiger partial charge in [-0.05, 0) is 30.5 Å². The van der Waals surface area contributed by atoms with E-state index in [2.05, 4.69) is 15.7 Å². The second-order valence-electron chi connectivity index (χ2n) is 4.34. The van der Waals surface area contributed by atoms with Crippen molar-refractivity contribution in [1.82, 2.24) is 5.43 Å². The largest absolute Gasteiger partial charge is 0.323 e. The van der Waals surface area contributed by atoms with Gasteiger partial charge in [-0.2, -0.15) is 0 Å². The van der Waals surface area contributed by atoms with E-state index in [1.807, 2.05) is 20.8 Å². The summed E-state index contributed by atoms with van der Waals surface area (Å²) in [7, 11) is 0. The summed E-state index contributed by atoms with van der Waals surface area (Å²) in [6.07, 6.45) is 0. The molecule has 0 saturated heterocycles. The molecule has 17 heavy (non-hydrogen) atoms. The first-order chi connectivity index (χ1) is 8.02. The van der Waals surface area contributed by atoms with Crippen molar-refractivity contribution < 1.29 is 4.39 Å². The molecule has 0 radical (unpaired) electrons. The molecule has 0 amide bonds. The fourth-order valence-corrected chi connectivity index (χ4v) is 1.26. The maximum atomic E-state index is 13.5. The van der Waals surface area contributed by atoms with E-state index < -0.39 is 0 Å². The van der Waals surface area contributed by atoms with Gasteiger partial charge in [0.25, 0.3) is 0 Å². The molecular weight excluding hydrogens is 219 g/mol. The molecule has 0 spiro atoms. The molecule has 0 aliphatic heterocycles. The topological polar surface area (TPSA) is 62.4 Å². The molecular formula is C12H19FN4. The van der Waals surface area contributed by atoms with Gasteiger partial charge in [-0.15, -0.1) is 0 Å². The number of guanidine groups is 1. The number of anilines is 1. The van der Waals surface area contributed by atoms with Crippen molar-refractivity contribution in [1.29, 1.82) is 0 Å². The van der Waals surface area contributed by atoms with E-state index in [9.17, 15) is 4.39 Å². The number of nitrogens with two attached hydrogens (primary N) is 1. The monoisotopic (exact) mass is 238 g/mol. The molecule has 5 heteroatoms. The lowest BCUT2D eigenvalue weighted by atomic mass is 10.2. The van der Waals surface area contributed by atoms with Crippen molar-refractivity contribution in [3.05, 3.63) is 29.6 Å². The summed E-state index contributed by atoms with van der Waals surface area (Å²) in [5.41, 5.74) is 3.76. The number of rotatable bonds is 3. The Morgan fingerprint density at radius 1 is 1.47 bits per heavy atom. The third-order valence-corrected chi connectivity index (χ3v) is 2.13. The fourth-order valence-electron chi connectivity index (χ4n) is 1.26. The predicted molar refractivity (Wildman–Crippen MR) is 69.2 cm³/mol. The third kappa shape index (κ3) is 4.40. The van der Waals surface area contributed by atoms with Crippen LogP contribution in [0.4, 0.5) is 10.1 Å². The number of nitrogens with one attached hydrogen (secondary N) is 2. The summed E-state index contributed by atoms with van der Waals surface area (Å²) in [5.74, 6) is 5.78. The first-order valence-corrected chi connectivity index (χ1v) is 5.57. The van der Waals surface area contributed by atoms with Crippen LogP contribution in [0.1, 0.15) is 19.4 Å². The first kappa shape index (κ1) is 13.4. The first-order valence-electron chi connectivity index (χ1n) is 5.57. The average molecular weight is 238 g/mol. The molecule has 4 N–H and O–H groups in total. The summed E-state index contributed by atoms with van der Waals surface area (Å²) in [4.78, 5) is 4.21. The highest BCUT2D eigenvalue weighted by Gasteiger charge is 2.04. The smallest absolute Gasteiger partial charge is 0.210 e. The molecule has 0 aromatic heterocycles. The minimum Gasteiger partial charge on any atom is -0.323 e. The van der Waals surface area contributed by atoms with E-state index in [-0.39, 0.29) is 5.82 Å². The molecule has 0 heterocycles. The van der Waals surface area contributed by atoms with Crippen LogP contribution in [0.5, 0.6) is 0 Å². The Morgan fingerprint density at radius 3 is 2.76 bits per heavy atom. The van der Waals surface area contributed by atoms with Gasteiger partial charge in [-0.1, -0.05) is 19.9 Å². The number of nitrogens with zero attached hydrogens (tertiary/aromatic N) is 1. The molecule has 0 fully saturated rings. The lowest BCUT2D eigenvalue weighted by Gasteiger charge is -2.11. The van der Waals surface area contributed by atoms with Gasteiger partial charge in [0.05, 0.1) is 5.69 Å². The van der Waals surface area contributed by atoms with Crippen LogP contribution in [0.2, 0.25) is 0 Å². The number of aryl methyl sites for hydroxylation is 1. The van der Waals surface area contributed by atoms with Crippen molar-refractivity contribution in [3.63, 3.8) is 0 Å². The Bertz CT molecular complexity index is 401. The highest BCUT2D eigenvalue weighted by atomic mass is 19.1. The zero-order valence-corrected chi connectivity index (χ0v) is 10.4. The van der Waals surface area contributed by atoms with Gasteiger partial charge in [-0.25, -0.2) is 10.2 Å². The summed E-state index contributed by atoms with van der Waals surface area (Å²) in [6, 6.07) is 4.83. The minimum absolute atomic E-state index is 0.330. The molecule has 0 atom stereocenters. The molecule has 94 valence electrons. The van der Waals surface area contributed by atoms with Crippen LogP contribution in [0, 0.1) is 18.7 Å². The van der Waals surface area contributed by atoms with Crippen LogP contribution in [0.15, 0.2) is 23.2 Å². The molecule has 0 aliphatic carbocycles. The number of halogens is 1. The van der Waals surface area contributed by atoms with Crippen molar-refractivity contribution in [3.8, 4) is 0 Å². The van der Waals surface area contributed by atoms with Gasteiger partial charge in [0.15, 0.2) is 0 Å². The van der Waals surface area contributed by atoms with Crippen molar-refractivity contribution in [2.45, 2.75) is 20.8 Å². The molecule has 0 unspecified atom stereocenters. The SMILES string of the molecule is Cc1ccc(F)c(NC(=NCC(C)C)NN)c1. The van der Waals surface area contributed by atoms with Crippen molar-refractivity contribution >= 4 is 11.6 Å². The zero-order valence-electron chi connectivity index (χ0n) is 10.4. The van der Waals surface area contributed by atoms with Crippen LogP contribution in [-0.4, -0.2) is 12.5 Å². The minimum atomic E-state index is -0.330. The average Bonchev–Trinajstić information content (AvgIpc) is 2.28. The Labute approximate surface area is 101 Å². The van der Waals surface area contributed by atoms with E-state index in [0.29, 0.717) is 24.1 Å². The maximum Gasteiger partial charge on any atom is 0.210 e. The van der Waals surface area contributed by atoms with Crippen molar-refractivity contribution in [2.24, 2.45) is 16.8 Å². The zero-order chi connectivity index (χ0) is 12.8. The molecule has 0 saturated carbocycles. The predicted octanol–water partition coefficient (Wildman–Crippen LogP) is 2.02. The number of hydrazine groups is 1. The molecule has 1 aromatic rings. The lowest BCUT2D eigenvalue weighted by molar-refractivity contribution is 0.631. The molecule has 0 bridgehead atoms. The molecule has 1 aromatic carbocycles. The van der Waals surface area contributed by atoms with Crippen LogP contribution in [0.3, 0.4) is 0 Å². The van der Waals surface area contributed by atoms with Crippen LogP contribution >= 0.6 is 0 Å². The third-order valence-electron chi connectivity index (χ3n) is 2.13. The molecule has 4 nitrogen and oxygen atoms in total. The molecule has 1 rings (SSSR count). The summed E-state index contributed by atoms with van der Waals surface area (Å²) in [5, 5.41) is 2.83. The lowest BCUT2D eigenvalue weighted by Crippen LogP contribution is -2.36. The van der Waals surface area contributed by atoms with Gasteiger partial charge in [0, 0.05) is 6.54 Å². The van der Waals surface area contributed by atoms with Crippen molar-refractivity contribution in [2.75, 3.05) is 11.9 Å². The van der Waals surface area contributed by atoms with Gasteiger partial charge < -0.3 is 5.32 Å². The van der Waals surface area contributed by atoms with E-state index in [4.69, 9.17) is 5.84 Å². The Morgan fingerprint density at radius 2 is 2.18 bits per heavy atom. The second-order valence-corrected chi connectivity index (χ2v) is 4.34. The van der Waals surface area contributed by atoms with Gasteiger partial charge in [0.2, 0.25) is 5.96 Å². The quantitative estimate of drug-likeness (QED) is 0.327. The van der Waals surface area contributed by atoms with Crippen LogP contribution in [-0.2, 0) is 0 Å². The number of hydrogen-bond donors (Lipinski definition) is 3. The summed E-state index contributed by atoms with van der Waals surface area (Å²) in [6.45, 7) is 6.61. The van der Waals surface area contributed by atoms with E-state index in [1.165, 1.54) is 6.07 Å². The normalized spacial score (nSPS) is 11.8. The highest BCUT2D eigenvalue weighted by molar-refractivity contribution is 5.93. The summed E-state index contributed by atoms with van der Waals surface area (Å²) < 4.78 is 13.5. The standard InChI is InChI=1S/C12H19FN4/c1-8(2)7-15-12(17-14)16-11-6-9(3)4-5-10(11)13/h4-6,8H,7,14H2,1-3H3,(H2,15,16,17). The molecule has 0 aliphatic rings. The van der Waals surface area contributed by atoms with Gasteiger partial charge in [0.1, 0.15) is 5.82 Å². The highest BCUT2D eigenvalue weighted by Crippen LogP contribution is 2.15. The van der Waals surface area contributed by atoms with Crippen LogP contribution < -0.4 is 16.6 Å². The number of hydrogen-bond acceptors (Lipinski definition) is 2. The Kier molecular flexibility index (Phi) is 4.90. The van der Waals surface area contributed by atoms with E-state index in [1.54, 1.807) is 12.1 Å². The number of aliphatic imine (C=N–C) groups is 1. The van der Waals surface area contributed by atoms with Crippen LogP contribution in [0.25, 0.3) is 0 Å². The van der Waals surface area contributed by atoms with E-state index >= 15 is 0 Å². The maximum absolute atomic E-state index is 13.5. The van der Waals surface area contributed by atoms with E-state index in [0.717, 1.165) is 5.56 Å². The van der Waals surface area contributed by atoms with Gasteiger partial charge >= 0.3 is 0 Å². The fraction of sp³-hybridized carbons (Fsp3) is 0.417.